The van der Waals surface area contributed by atoms with Gasteiger partial charge in [0.15, 0.2) is 17.5 Å². The molecule has 0 N–H and O–H groups in total. The fourth-order valence-electron chi connectivity index (χ4n) is 11.5. The lowest BCUT2D eigenvalue weighted by Crippen LogP contribution is -2.02. The van der Waals surface area contributed by atoms with Crippen LogP contribution < -0.4 is 0 Å². The summed E-state index contributed by atoms with van der Waals surface area (Å²) in [5.74, 6) is 1.76. The Kier molecular flexibility index (Phi) is 9.57. The van der Waals surface area contributed by atoms with Crippen molar-refractivity contribution in [3.05, 3.63) is 243 Å². The molecule has 0 radical (unpaired) electrons. The van der Waals surface area contributed by atoms with Gasteiger partial charge in [-0.3, -0.25) is 4.98 Å². The molecule has 6 heterocycles. The number of hydrogen-bond acceptors (Lipinski definition) is 6. The van der Waals surface area contributed by atoms with Crippen molar-refractivity contribution < 1.29 is 0 Å². The number of hydrogen-bond donors (Lipinski definition) is 0. The molecule has 76 heavy (non-hydrogen) atoms. The number of para-hydroxylation sites is 4. The zero-order valence-corrected chi connectivity index (χ0v) is 42.2. The number of fused-ring (bicyclic) bond motifs is 14. The molecule has 0 amide bonds. The lowest BCUT2D eigenvalue weighted by atomic mass is 9.98. The predicted molar refractivity (Wildman–Crippen MR) is 319 cm³/mol. The second-order valence-electron chi connectivity index (χ2n) is 19.3. The van der Waals surface area contributed by atoms with E-state index in [1.807, 2.05) is 65.3 Å². The molecular weight excluding hydrogens is 965 g/mol. The van der Waals surface area contributed by atoms with Crippen LogP contribution in [0.15, 0.2) is 243 Å². The molecule has 10 aromatic carbocycles. The van der Waals surface area contributed by atoms with E-state index in [0.717, 1.165) is 50.4 Å². The maximum absolute atomic E-state index is 5.43. The smallest absolute Gasteiger partial charge is 0.166 e. The van der Waals surface area contributed by atoms with Crippen LogP contribution in [0.25, 0.3) is 152 Å². The summed E-state index contributed by atoms with van der Waals surface area (Å²) in [5.41, 5.74) is 13.6. The Hall–Kier alpha value is -9.60. The van der Waals surface area contributed by atoms with E-state index in [4.69, 9.17) is 19.9 Å². The van der Waals surface area contributed by atoms with E-state index in [2.05, 4.69) is 209 Å². The zero-order valence-electron chi connectivity index (χ0n) is 40.6. The van der Waals surface area contributed by atoms with Gasteiger partial charge in [0.1, 0.15) is 0 Å². The van der Waals surface area contributed by atoms with Gasteiger partial charge in [0.2, 0.25) is 0 Å². The fourth-order valence-corrected chi connectivity index (χ4v) is 14.1. The molecule has 0 spiro atoms. The minimum absolute atomic E-state index is 0.557. The second-order valence-corrected chi connectivity index (χ2v) is 21.4. The molecule has 0 saturated carbocycles. The van der Waals surface area contributed by atoms with E-state index in [-0.39, 0.29) is 0 Å². The highest BCUT2D eigenvalue weighted by Gasteiger charge is 2.23. The van der Waals surface area contributed by atoms with Crippen LogP contribution >= 0.6 is 22.7 Å². The van der Waals surface area contributed by atoms with Gasteiger partial charge in [-0.15, -0.1) is 22.7 Å². The molecule has 354 valence electrons. The van der Waals surface area contributed by atoms with E-state index in [1.165, 1.54) is 84.0 Å². The summed E-state index contributed by atoms with van der Waals surface area (Å²) in [6.07, 6.45) is 2.02. The third kappa shape index (κ3) is 6.64. The maximum Gasteiger partial charge on any atom is 0.166 e. The highest BCUT2D eigenvalue weighted by Crippen LogP contribution is 2.47. The van der Waals surface area contributed by atoms with Gasteiger partial charge in [0, 0.05) is 97.9 Å². The quantitative estimate of drug-likeness (QED) is 0.160. The van der Waals surface area contributed by atoms with E-state index < -0.39 is 0 Å². The number of pyridine rings is 1. The molecule has 0 bridgehead atoms. The van der Waals surface area contributed by atoms with Gasteiger partial charge in [-0.05, 0) is 60.2 Å². The van der Waals surface area contributed by atoms with Crippen molar-refractivity contribution in [3.8, 4) is 67.9 Å². The van der Waals surface area contributed by atoms with Gasteiger partial charge >= 0.3 is 0 Å². The normalized spacial score (nSPS) is 11.9. The Balaban J connectivity index is 0.906. The minimum Gasteiger partial charge on any atom is -0.308 e. The Morgan fingerprint density at radius 1 is 0.303 bits per heavy atom. The molecule has 16 aromatic rings. The van der Waals surface area contributed by atoms with Gasteiger partial charge in [0.25, 0.3) is 0 Å². The topological polar surface area (TPSA) is 61.4 Å². The molecule has 6 aromatic heterocycles. The molecule has 0 fully saturated rings. The van der Waals surface area contributed by atoms with Crippen LogP contribution in [0.2, 0.25) is 0 Å². The first-order chi connectivity index (χ1) is 37.7. The highest BCUT2D eigenvalue weighted by molar-refractivity contribution is 7.27. The third-order valence-electron chi connectivity index (χ3n) is 15.0. The van der Waals surface area contributed by atoms with Crippen molar-refractivity contribution in [2.45, 2.75) is 0 Å². The fraction of sp³-hybridized carbons (Fsp3) is 0. The van der Waals surface area contributed by atoms with Crippen molar-refractivity contribution in [1.82, 2.24) is 29.1 Å². The van der Waals surface area contributed by atoms with Crippen molar-refractivity contribution in [1.29, 1.82) is 0 Å². The van der Waals surface area contributed by atoms with Crippen LogP contribution in [0.1, 0.15) is 0 Å². The molecule has 0 unspecified atom stereocenters. The molecule has 8 heteroatoms. The van der Waals surface area contributed by atoms with Crippen LogP contribution in [-0.2, 0) is 0 Å². The summed E-state index contributed by atoms with van der Waals surface area (Å²) in [5, 5.41) is 9.92. The maximum atomic E-state index is 5.43. The van der Waals surface area contributed by atoms with Crippen LogP contribution in [0.4, 0.5) is 0 Å². The standard InChI is InChI=1S/C68H40N6S2/c1-5-17-41(18-6-1)66-70-67(42-19-7-2-8-20-42)72-68(71-66)56-37-45(43-29-31-50-54-35-33-52-48-25-13-15-27-57(48)73(46-21-9-3-10-22-46)62(52)64(54)75-59(50)38-43)40-69-61(56)44-30-32-51-55-36-34-53-49-26-14-16-28-58(49)74(47-23-11-4-12-24-47)63(53)65(55)76-60(51)39-44/h1-40H. The van der Waals surface area contributed by atoms with Crippen molar-refractivity contribution in [2.24, 2.45) is 0 Å². The molecule has 0 aliphatic heterocycles. The number of aromatic nitrogens is 6. The molecule has 16 rings (SSSR count). The first-order valence-corrected chi connectivity index (χ1v) is 27.1. The summed E-state index contributed by atoms with van der Waals surface area (Å²) in [7, 11) is 0. The number of benzene rings is 10. The second kappa shape index (κ2) is 17.0. The number of thiophene rings is 2. The number of rotatable bonds is 7. The van der Waals surface area contributed by atoms with Gasteiger partial charge in [-0.2, -0.15) is 0 Å². The number of nitrogens with zero attached hydrogens (tertiary/aromatic N) is 6. The van der Waals surface area contributed by atoms with E-state index in [1.54, 1.807) is 0 Å². The van der Waals surface area contributed by atoms with Crippen molar-refractivity contribution in [3.63, 3.8) is 0 Å². The first kappa shape index (κ1) is 42.9. The van der Waals surface area contributed by atoms with E-state index in [0.29, 0.717) is 17.5 Å². The first-order valence-electron chi connectivity index (χ1n) is 25.4. The Morgan fingerprint density at radius 3 is 1.25 bits per heavy atom. The molecule has 6 nitrogen and oxygen atoms in total. The lowest BCUT2D eigenvalue weighted by molar-refractivity contribution is 1.07. The van der Waals surface area contributed by atoms with E-state index in [9.17, 15) is 0 Å². The monoisotopic (exact) mass is 1000 g/mol. The Labute approximate surface area is 443 Å². The summed E-state index contributed by atoms with van der Waals surface area (Å²) >= 11 is 3.69. The van der Waals surface area contributed by atoms with Gasteiger partial charge in [0.05, 0.1) is 37.2 Å². The Bertz CT molecular complexity index is 4920. The molecular formula is C68H40N6S2. The van der Waals surface area contributed by atoms with Crippen molar-refractivity contribution >= 4 is 107 Å². The van der Waals surface area contributed by atoms with Crippen molar-refractivity contribution in [2.75, 3.05) is 0 Å². The van der Waals surface area contributed by atoms with Crippen LogP contribution in [-0.4, -0.2) is 29.1 Å². The zero-order chi connectivity index (χ0) is 49.8. The van der Waals surface area contributed by atoms with Gasteiger partial charge in [-0.1, -0.05) is 182 Å². The minimum atomic E-state index is 0.557. The summed E-state index contributed by atoms with van der Waals surface area (Å²) in [6.45, 7) is 0. The highest BCUT2D eigenvalue weighted by atomic mass is 32.1. The van der Waals surface area contributed by atoms with Gasteiger partial charge in [-0.25, -0.2) is 15.0 Å². The molecule has 0 saturated heterocycles. The molecule has 0 atom stereocenters. The average Bonchev–Trinajstić information content (AvgIpc) is 4.28. The van der Waals surface area contributed by atoms with E-state index >= 15 is 0 Å². The van der Waals surface area contributed by atoms with Crippen LogP contribution in [0, 0.1) is 0 Å². The summed E-state index contributed by atoms with van der Waals surface area (Å²) < 4.78 is 9.78. The lowest BCUT2D eigenvalue weighted by Gasteiger charge is -2.13. The third-order valence-corrected chi connectivity index (χ3v) is 17.4. The molecule has 0 aliphatic carbocycles. The summed E-state index contributed by atoms with van der Waals surface area (Å²) in [6, 6.07) is 84.4. The van der Waals surface area contributed by atoms with Crippen LogP contribution in [0.5, 0.6) is 0 Å². The largest absolute Gasteiger partial charge is 0.308 e. The Morgan fingerprint density at radius 2 is 0.724 bits per heavy atom. The summed E-state index contributed by atoms with van der Waals surface area (Å²) in [4.78, 5) is 21.1. The molecule has 0 aliphatic rings. The average molecular weight is 1010 g/mol. The van der Waals surface area contributed by atoms with Crippen LogP contribution in [0.3, 0.4) is 0 Å². The SMILES string of the molecule is c1ccc(-c2nc(-c3ccccc3)nc(-c3cc(-c4ccc5c(c4)sc4c5ccc5c6ccccc6n(-c6ccccc6)c54)cnc3-c3ccc4c(c3)sc3c4ccc4c5ccccc5n(-c5ccccc5)c43)n2)cc1. The van der Waals surface area contributed by atoms with Gasteiger partial charge < -0.3 is 9.13 Å². The predicted octanol–water partition coefficient (Wildman–Crippen LogP) is 18.5.